The molecule has 5 atom stereocenters. The van der Waals surface area contributed by atoms with Crippen LogP contribution in [0.4, 0.5) is 4.39 Å². The van der Waals surface area contributed by atoms with Crippen LogP contribution in [0.15, 0.2) is 46.1 Å². The number of nitrogens with one attached hydrogen (secondary N) is 2. The fraction of sp³-hybridized carbons (Fsp3) is 0.476. The van der Waals surface area contributed by atoms with E-state index in [-0.39, 0.29) is 12.2 Å². The number of carbonyl (C=O) groups excluding carboxylic acids is 1. The molecule has 192 valence electrons. The SMILES string of the molecule is CC(C)OC(=O)[C@@H](C)NP(=O)(OC[C@H]1O[C@@H](n2cc(F)c(=O)[nH]c2=O)C[C@@H]1O)Oc1ccccc1. The summed E-state index contributed by atoms with van der Waals surface area (Å²) >= 11 is 0. The highest BCUT2D eigenvalue weighted by Crippen LogP contribution is 2.45. The molecule has 0 amide bonds. The number of nitrogens with zero attached hydrogens (tertiary/aromatic N) is 1. The number of aliphatic hydroxyl groups excluding tert-OH is 1. The van der Waals surface area contributed by atoms with Crippen LogP contribution >= 0.6 is 7.75 Å². The van der Waals surface area contributed by atoms with E-state index in [1.807, 2.05) is 4.98 Å². The van der Waals surface area contributed by atoms with Crippen LogP contribution in [0.5, 0.6) is 5.75 Å². The number of rotatable bonds is 10. The van der Waals surface area contributed by atoms with Crippen LogP contribution in [0.2, 0.25) is 0 Å². The largest absolute Gasteiger partial charge is 0.462 e. The van der Waals surface area contributed by atoms with Crippen LogP contribution in [0, 0.1) is 5.82 Å². The lowest BCUT2D eigenvalue weighted by Gasteiger charge is -2.25. The van der Waals surface area contributed by atoms with Crippen LogP contribution < -0.4 is 20.9 Å². The van der Waals surface area contributed by atoms with Crippen molar-refractivity contribution in [3.05, 3.63) is 63.2 Å². The van der Waals surface area contributed by atoms with Crippen LogP contribution in [0.25, 0.3) is 0 Å². The molecule has 2 aromatic rings. The molecular weight excluding hydrogens is 488 g/mol. The van der Waals surface area contributed by atoms with Crippen molar-refractivity contribution in [1.82, 2.24) is 14.6 Å². The van der Waals surface area contributed by atoms with Gasteiger partial charge in [-0.3, -0.25) is 23.7 Å². The molecule has 0 bridgehead atoms. The maximum Gasteiger partial charge on any atom is 0.459 e. The maximum absolute atomic E-state index is 13.6. The van der Waals surface area contributed by atoms with Crippen molar-refractivity contribution in [2.24, 2.45) is 0 Å². The van der Waals surface area contributed by atoms with Crippen LogP contribution in [0.3, 0.4) is 0 Å². The summed E-state index contributed by atoms with van der Waals surface area (Å²) in [7, 11) is -4.21. The van der Waals surface area contributed by atoms with Gasteiger partial charge in [0.05, 0.1) is 25.0 Å². The summed E-state index contributed by atoms with van der Waals surface area (Å²) in [5.41, 5.74) is -2.10. The predicted octanol–water partition coefficient (Wildman–Crippen LogP) is 1.46. The number of aromatic amines is 1. The number of hydrogen-bond acceptors (Lipinski definition) is 9. The molecule has 0 aliphatic carbocycles. The first-order valence-electron chi connectivity index (χ1n) is 10.8. The highest BCUT2D eigenvalue weighted by Gasteiger charge is 2.39. The van der Waals surface area contributed by atoms with Crippen molar-refractivity contribution < 1.29 is 37.4 Å². The minimum atomic E-state index is -4.21. The molecule has 1 aromatic heterocycles. The Labute approximate surface area is 199 Å². The average molecular weight is 515 g/mol. The van der Waals surface area contributed by atoms with Gasteiger partial charge in [0.2, 0.25) is 5.82 Å². The zero-order valence-corrected chi connectivity index (χ0v) is 20.1. The Morgan fingerprint density at radius 1 is 1.31 bits per heavy atom. The predicted molar refractivity (Wildman–Crippen MR) is 120 cm³/mol. The Morgan fingerprint density at radius 3 is 2.66 bits per heavy atom. The molecule has 1 aliphatic heterocycles. The normalized spacial score (nSPS) is 22.5. The lowest BCUT2D eigenvalue weighted by Crippen LogP contribution is -2.37. The van der Waals surface area contributed by atoms with E-state index in [1.165, 1.54) is 19.1 Å². The summed E-state index contributed by atoms with van der Waals surface area (Å²) in [4.78, 5) is 37.3. The molecular formula is C21H27FN3O9P. The summed E-state index contributed by atoms with van der Waals surface area (Å²) in [6, 6.07) is 7.00. The van der Waals surface area contributed by atoms with Crippen molar-refractivity contribution in [3.63, 3.8) is 0 Å². The van der Waals surface area contributed by atoms with Gasteiger partial charge in [-0.25, -0.2) is 9.36 Å². The van der Waals surface area contributed by atoms with Gasteiger partial charge in [0.15, 0.2) is 0 Å². The molecule has 1 aliphatic rings. The molecule has 1 unspecified atom stereocenters. The smallest absolute Gasteiger partial charge is 0.459 e. The van der Waals surface area contributed by atoms with E-state index in [4.69, 9.17) is 18.5 Å². The monoisotopic (exact) mass is 515 g/mol. The molecule has 1 saturated heterocycles. The molecule has 35 heavy (non-hydrogen) atoms. The first kappa shape index (κ1) is 26.8. The Kier molecular flexibility index (Phi) is 8.62. The fourth-order valence-corrected chi connectivity index (χ4v) is 4.72. The Balaban J connectivity index is 1.73. The second-order valence-electron chi connectivity index (χ2n) is 8.11. The zero-order valence-electron chi connectivity index (χ0n) is 19.3. The number of carbonyl (C=O) groups is 1. The van der Waals surface area contributed by atoms with Crippen molar-refractivity contribution in [2.75, 3.05) is 6.61 Å². The number of ether oxygens (including phenoxy) is 2. The standard InChI is InChI=1S/C21H27FN3O9P/c1-12(2)32-20(28)13(3)24-35(30,34-14-7-5-4-6-8-14)31-11-17-16(26)9-18(33-17)25-10-15(22)19(27)23-21(25)29/h4-8,10,12-13,16-18,26H,9,11H2,1-3H3,(H,24,30)(H,23,27,29)/t13-,16+,17-,18-,35?/m1/s1. The van der Waals surface area contributed by atoms with Gasteiger partial charge in [0.1, 0.15) is 24.1 Å². The van der Waals surface area contributed by atoms with Crippen molar-refractivity contribution in [2.45, 2.75) is 57.8 Å². The van der Waals surface area contributed by atoms with Gasteiger partial charge < -0.3 is 19.1 Å². The Hall–Kier alpha value is -2.83. The first-order chi connectivity index (χ1) is 16.5. The van der Waals surface area contributed by atoms with E-state index in [9.17, 15) is 28.4 Å². The summed E-state index contributed by atoms with van der Waals surface area (Å²) in [6.07, 6.45) is -3.24. The minimum absolute atomic E-state index is 0.131. The summed E-state index contributed by atoms with van der Waals surface area (Å²) in [5, 5.41) is 12.9. The van der Waals surface area contributed by atoms with Gasteiger partial charge in [0.25, 0.3) is 5.56 Å². The fourth-order valence-electron chi connectivity index (χ4n) is 3.22. The lowest BCUT2D eigenvalue weighted by molar-refractivity contribution is -0.149. The van der Waals surface area contributed by atoms with Gasteiger partial charge in [-0.1, -0.05) is 18.2 Å². The molecule has 0 radical (unpaired) electrons. The average Bonchev–Trinajstić information content (AvgIpc) is 3.15. The highest BCUT2D eigenvalue weighted by molar-refractivity contribution is 7.52. The van der Waals surface area contributed by atoms with E-state index < -0.39 is 68.0 Å². The summed E-state index contributed by atoms with van der Waals surface area (Å²) < 4.78 is 49.6. The Morgan fingerprint density at radius 2 is 2.00 bits per heavy atom. The van der Waals surface area contributed by atoms with Gasteiger partial charge in [-0.15, -0.1) is 0 Å². The van der Waals surface area contributed by atoms with E-state index in [0.29, 0.717) is 6.20 Å². The van der Waals surface area contributed by atoms with Crippen LogP contribution in [-0.2, 0) is 23.4 Å². The molecule has 0 saturated carbocycles. The molecule has 3 rings (SSSR count). The van der Waals surface area contributed by atoms with Crippen molar-refractivity contribution in [3.8, 4) is 5.75 Å². The second kappa shape index (κ2) is 11.3. The summed E-state index contributed by atoms with van der Waals surface area (Å²) in [5.74, 6) is -1.69. The molecule has 0 spiro atoms. The third kappa shape index (κ3) is 7.09. The minimum Gasteiger partial charge on any atom is -0.462 e. The van der Waals surface area contributed by atoms with Gasteiger partial charge in [0, 0.05) is 6.42 Å². The quantitative estimate of drug-likeness (QED) is 0.312. The number of para-hydroxylation sites is 1. The van der Waals surface area contributed by atoms with E-state index in [1.54, 1.807) is 32.0 Å². The van der Waals surface area contributed by atoms with Crippen molar-refractivity contribution >= 4 is 13.7 Å². The topological polar surface area (TPSA) is 158 Å². The number of halogens is 1. The number of benzene rings is 1. The third-order valence-electron chi connectivity index (χ3n) is 4.87. The van der Waals surface area contributed by atoms with Crippen molar-refractivity contribution in [1.29, 1.82) is 0 Å². The highest BCUT2D eigenvalue weighted by atomic mass is 31.2. The van der Waals surface area contributed by atoms with Crippen LogP contribution in [0.1, 0.15) is 33.4 Å². The van der Waals surface area contributed by atoms with Crippen LogP contribution in [-0.4, -0.2) is 51.6 Å². The summed E-state index contributed by atoms with van der Waals surface area (Å²) in [6.45, 7) is 4.27. The number of hydrogen-bond donors (Lipinski definition) is 3. The molecule has 12 nitrogen and oxygen atoms in total. The molecule has 3 N–H and O–H groups in total. The van der Waals surface area contributed by atoms with E-state index in [2.05, 4.69) is 5.09 Å². The lowest BCUT2D eigenvalue weighted by atomic mass is 10.2. The van der Waals surface area contributed by atoms with Gasteiger partial charge >= 0.3 is 19.4 Å². The molecule has 1 fully saturated rings. The second-order valence-corrected chi connectivity index (χ2v) is 9.80. The van der Waals surface area contributed by atoms with E-state index >= 15 is 0 Å². The first-order valence-corrected chi connectivity index (χ1v) is 12.3. The van der Waals surface area contributed by atoms with E-state index in [0.717, 1.165) is 4.57 Å². The third-order valence-corrected chi connectivity index (χ3v) is 6.52. The number of aliphatic hydroxyl groups is 1. The maximum atomic E-state index is 13.6. The van der Waals surface area contributed by atoms with Gasteiger partial charge in [-0.05, 0) is 32.9 Å². The number of H-pyrrole nitrogens is 1. The zero-order chi connectivity index (χ0) is 25.8. The molecule has 14 heteroatoms. The Bertz CT molecular complexity index is 1190. The molecule has 2 heterocycles. The number of aromatic nitrogens is 2. The van der Waals surface area contributed by atoms with Gasteiger partial charge in [-0.2, -0.15) is 9.48 Å². The molecule has 1 aromatic carbocycles. The number of esters is 1.